The predicted octanol–water partition coefficient (Wildman–Crippen LogP) is 11.4. The first-order valence-electron chi connectivity index (χ1n) is 16.4. The fourth-order valence-corrected chi connectivity index (χ4v) is 6.01. The van der Waals surface area contributed by atoms with Crippen molar-refractivity contribution in [2.24, 2.45) is 0 Å². The summed E-state index contributed by atoms with van der Waals surface area (Å²) in [5.74, 6) is 0. The highest BCUT2D eigenvalue weighted by molar-refractivity contribution is 5.17. The van der Waals surface area contributed by atoms with Crippen LogP contribution in [0, 0.1) is 0 Å². The first-order chi connectivity index (χ1) is 19.8. The topological polar surface area (TPSA) is 0 Å². The largest absolute Gasteiger partial charge is 0.312 e. The van der Waals surface area contributed by atoms with Crippen molar-refractivity contribution in [3.63, 3.8) is 0 Å². The third-order valence-electron chi connectivity index (χ3n) is 8.23. The van der Waals surface area contributed by atoms with Gasteiger partial charge in [0.15, 0.2) is 0 Å². The molecule has 1 heteroatoms. The number of hydrogen-bond donors (Lipinski definition) is 0. The summed E-state index contributed by atoms with van der Waals surface area (Å²) in [6, 6.07) is 33.4. The molecule has 3 aromatic carbocycles. The van der Waals surface area contributed by atoms with Gasteiger partial charge < -0.3 is 4.48 Å². The van der Waals surface area contributed by atoms with Gasteiger partial charge in [-0.05, 0) is 38.5 Å². The van der Waals surface area contributed by atoms with Crippen LogP contribution in [0.5, 0.6) is 0 Å². The average molecular weight is 539 g/mol. The molecule has 0 aliphatic carbocycles. The molecular formula is C39H56N+. The van der Waals surface area contributed by atoms with E-state index in [0.717, 1.165) is 24.1 Å². The first kappa shape index (κ1) is 31.9. The van der Waals surface area contributed by atoms with Crippen molar-refractivity contribution < 1.29 is 4.48 Å². The Bertz CT molecular complexity index is 907. The number of quaternary nitrogens is 1. The van der Waals surface area contributed by atoms with Gasteiger partial charge >= 0.3 is 0 Å². The van der Waals surface area contributed by atoms with Crippen LogP contribution in [-0.4, -0.2) is 11.0 Å². The number of unbranched alkanes of at least 4 members (excludes halogenated alkanes) is 12. The quantitative estimate of drug-likeness (QED) is 0.0678. The molecule has 0 spiro atoms. The van der Waals surface area contributed by atoms with Crippen molar-refractivity contribution in [1.29, 1.82) is 0 Å². The molecule has 0 aliphatic rings. The maximum atomic E-state index is 2.45. The molecule has 0 aliphatic heterocycles. The maximum Gasteiger partial charge on any atom is 0.105 e. The van der Waals surface area contributed by atoms with Crippen LogP contribution in [0.25, 0.3) is 0 Å². The maximum absolute atomic E-state index is 2.45. The molecule has 0 unspecified atom stereocenters. The van der Waals surface area contributed by atoms with E-state index in [1.165, 1.54) is 113 Å². The zero-order valence-corrected chi connectivity index (χ0v) is 25.5. The molecule has 0 amide bonds. The predicted molar refractivity (Wildman–Crippen MR) is 175 cm³/mol. The van der Waals surface area contributed by atoms with Crippen molar-refractivity contribution in [1.82, 2.24) is 0 Å². The van der Waals surface area contributed by atoms with E-state index in [1.807, 2.05) is 0 Å². The van der Waals surface area contributed by atoms with Crippen molar-refractivity contribution in [3.05, 3.63) is 120 Å². The van der Waals surface area contributed by atoms with E-state index in [0.29, 0.717) is 0 Å². The molecule has 0 fully saturated rings. The second kappa shape index (κ2) is 20.3. The molecule has 0 radical (unpaired) electrons. The SMILES string of the molecule is CCCCCCCCCCC/C=C/CCCCC[N+](Cc1ccccc1)(Cc1ccccc1)Cc1ccccc1. The minimum atomic E-state index is 1.07. The van der Waals surface area contributed by atoms with E-state index in [4.69, 9.17) is 0 Å². The summed E-state index contributed by atoms with van der Waals surface area (Å²) in [5, 5.41) is 0. The summed E-state index contributed by atoms with van der Waals surface area (Å²) in [6.07, 6.45) is 24.0. The van der Waals surface area contributed by atoms with Gasteiger partial charge in [0, 0.05) is 16.7 Å². The molecule has 0 bridgehead atoms. The van der Waals surface area contributed by atoms with Gasteiger partial charge in [-0.2, -0.15) is 0 Å². The lowest BCUT2D eigenvalue weighted by atomic mass is 10.0. The third kappa shape index (κ3) is 13.6. The van der Waals surface area contributed by atoms with Gasteiger partial charge in [-0.3, -0.25) is 0 Å². The molecule has 3 aromatic rings. The standard InChI is InChI=1S/C39H56N/c1-2-3-4-5-6-7-8-9-10-11-12-13-14-15-16-26-33-40(34-37-27-20-17-21-28-37,35-38-29-22-18-23-30-38)36-39-31-24-19-25-32-39/h12-13,17-25,27-32H,2-11,14-16,26,33-36H2,1H3/q+1/b13-12+. The number of hydrogen-bond acceptors (Lipinski definition) is 0. The summed E-state index contributed by atoms with van der Waals surface area (Å²) in [5.41, 5.74) is 4.32. The Hall–Kier alpha value is -2.64. The molecule has 0 atom stereocenters. The first-order valence-corrected chi connectivity index (χ1v) is 16.4. The molecule has 0 aromatic heterocycles. The zero-order valence-electron chi connectivity index (χ0n) is 25.5. The molecule has 3 rings (SSSR count). The molecule has 1 nitrogen and oxygen atoms in total. The van der Waals surface area contributed by atoms with Gasteiger partial charge in [0.25, 0.3) is 0 Å². The van der Waals surface area contributed by atoms with Crippen molar-refractivity contribution in [2.75, 3.05) is 6.54 Å². The Labute approximate surface area is 246 Å². The molecule has 40 heavy (non-hydrogen) atoms. The Balaban J connectivity index is 1.45. The highest BCUT2D eigenvalue weighted by atomic mass is 15.3. The number of benzene rings is 3. The molecular weight excluding hydrogens is 482 g/mol. The highest BCUT2D eigenvalue weighted by Gasteiger charge is 2.28. The summed E-state index contributed by atoms with van der Waals surface area (Å²) >= 11 is 0. The molecule has 216 valence electrons. The van der Waals surface area contributed by atoms with Gasteiger partial charge in [0.2, 0.25) is 0 Å². The van der Waals surface area contributed by atoms with Gasteiger partial charge in [-0.1, -0.05) is 161 Å². The average Bonchev–Trinajstić information content (AvgIpc) is 2.98. The fourth-order valence-electron chi connectivity index (χ4n) is 6.01. The van der Waals surface area contributed by atoms with Crippen LogP contribution in [0.3, 0.4) is 0 Å². The second-order valence-corrected chi connectivity index (χ2v) is 11.9. The Morgan fingerprint density at radius 3 is 1.18 bits per heavy atom. The molecule has 0 heterocycles. The fraction of sp³-hybridized carbons (Fsp3) is 0.487. The second-order valence-electron chi connectivity index (χ2n) is 11.9. The van der Waals surface area contributed by atoms with Crippen LogP contribution >= 0.6 is 0 Å². The van der Waals surface area contributed by atoms with Crippen LogP contribution < -0.4 is 0 Å². The Morgan fingerprint density at radius 2 is 0.775 bits per heavy atom. The summed E-state index contributed by atoms with van der Waals surface area (Å²) < 4.78 is 1.08. The Kier molecular flexibility index (Phi) is 16.2. The number of allylic oxidation sites excluding steroid dienone is 2. The minimum Gasteiger partial charge on any atom is -0.312 e. The molecule has 0 saturated carbocycles. The lowest BCUT2D eigenvalue weighted by Crippen LogP contribution is -2.46. The summed E-state index contributed by atoms with van der Waals surface area (Å²) in [6.45, 7) is 6.72. The van der Waals surface area contributed by atoms with Crippen LogP contribution in [0.2, 0.25) is 0 Å². The molecule has 0 N–H and O–H groups in total. The highest BCUT2D eigenvalue weighted by Crippen LogP contribution is 2.26. The van der Waals surface area contributed by atoms with E-state index in [1.54, 1.807) is 0 Å². The van der Waals surface area contributed by atoms with E-state index < -0.39 is 0 Å². The van der Waals surface area contributed by atoms with Gasteiger partial charge in [-0.15, -0.1) is 0 Å². The van der Waals surface area contributed by atoms with Crippen molar-refractivity contribution in [2.45, 2.75) is 116 Å². The van der Waals surface area contributed by atoms with E-state index in [-0.39, 0.29) is 0 Å². The zero-order chi connectivity index (χ0) is 28.0. The van der Waals surface area contributed by atoms with Crippen molar-refractivity contribution >= 4 is 0 Å². The van der Waals surface area contributed by atoms with Gasteiger partial charge in [0.05, 0.1) is 6.54 Å². The van der Waals surface area contributed by atoms with E-state index in [2.05, 4.69) is 110 Å². The van der Waals surface area contributed by atoms with Crippen LogP contribution in [-0.2, 0) is 19.6 Å². The van der Waals surface area contributed by atoms with E-state index in [9.17, 15) is 0 Å². The van der Waals surface area contributed by atoms with Crippen LogP contribution in [0.15, 0.2) is 103 Å². The number of nitrogens with zero attached hydrogens (tertiary/aromatic N) is 1. The third-order valence-corrected chi connectivity index (χ3v) is 8.23. The smallest absolute Gasteiger partial charge is 0.105 e. The minimum absolute atomic E-state index is 1.07. The summed E-state index contributed by atoms with van der Waals surface area (Å²) in [4.78, 5) is 0. The monoisotopic (exact) mass is 538 g/mol. The van der Waals surface area contributed by atoms with Crippen molar-refractivity contribution in [3.8, 4) is 0 Å². The van der Waals surface area contributed by atoms with Gasteiger partial charge in [0.1, 0.15) is 19.6 Å². The van der Waals surface area contributed by atoms with Gasteiger partial charge in [-0.25, -0.2) is 0 Å². The Morgan fingerprint density at radius 1 is 0.425 bits per heavy atom. The lowest BCUT2D eigenvalue weighted by Gasteiger charge is -2.39. The summed E-state index contributed by atoms with van der Waals surface area (Å²) in [7, 11) is 0. The lowest BCUT2D eigenvalue weighted by molar-refractivity contribution is -0.966. The molecule has 0 saturated heterocycles. The van der Waals surface area contributed by atoms with E-state index >= 15 is 0 Å². The van der Waals surface area contributed by atoms with Crippen LogP contribution in [0.4, 0.5) is 0 Å². The van der Waals surface area contributed by atoms with Crippen LogP contribution in [0.1, 0.15) is 114 Å². The number of rotatable bonds is 22. The normalized spacial score (nSPS) is 11.8.